The number of anilines is 3. The van der Waals surface area contributed by atoms with Gasteiger partial charge in [-0.3, -0.25) is 14.4 Å². The summed E-state index contributed by atoms with van der Waals surface area (Å²) in [5, 5.41) is 5.38. The van der Waals surface area contributed by atoms with Crippen LogP contribution in [0.25, 0.3) is 0 Å². The largest absolute Gasteiger partial charge is 0.378 e. The highest BCUT2D eigenvalue weighted by molar-refractivity contribution is 7.89. The molecule has 2 heterocycles. The Morgan fingerprint density at radius 1 is 1.09 bits per heavy atom. The van der Waals surface area contributed by atoms with Gasteiger partial charge in [0.05, 0.1) is 35.8 Å². The number of carbonyl (C=O) groups is 3. The highest BCUT2D eigenvalue weighted by Crippen LogP contribution is 2.29. The minimum absolute atomic E-state index is 0.00186. The number of amides is 2. The van der Waals surface area contributed by atoms with Gasteiger partial charge in [-0.1, -0.05) is 0 Å². The number of hydrogen-bond acceptors (Lipinski definition) is 7. The molecule has 4 rings (SSSR count). The van der Waals surface area contributed by atoms with Crippen LogP contribution in [0, 0.1) is 0 Å². The molecule has 0 unspecified atom stereocenters. The fourth-order valence-corrected chi connectivity index (χ4v) is 4.67. The number of carbonyl (C=O) groups excluding carboxylic acids is 3. The highest BCUT2D eigenvalue weighted by atomic mass is 32.2. The van der Waals surface area contributed by atoms with E-state index in [1.807, 2.05) is 4.90 Å². The maximum atomic E-state index is 13.3. The summed E-state index contributed by atoms with van der Waals surface area (Å²) in [6.07, 6.45) is -0.254. The number of ketones is 1. The van der Waals surface area contributed by atoms with Crippen molar-refractivity contribution in [3.63, 3.8) is 0 Å². The molecular weight excluding hydrogens is 448 g/mol. The summed E-state index contributed by atoms with van der Waals surface area (Å²) in [6.45, 7) is 2.12. The SMILES string of the molecule is CN(C)S(=O)(=O)c1ccc(N2CCOCC2)c(C(=O)Nc2ccc3c(c2)C(=O)CC(=O)N3)c1. The molecule has 10 nitrogen and oxygen atoms in total. The first-order valence-electron chi connectivity index (χ1n) is 10.3. The lowest BCUT2D eigenvalue weighted by atomic mass is 10.0. The van der Waals surface area contributed by atoms with Crippen LogP contribution in [-0.4, -0.2) is 70.7 Å². The second-order valence-electron chi connectivity index (χ2n) is 7.93. The van der Waals surface area contributed by atoms with Gasteiger partial charge in [0, 0.05) is 44.1 Å². The van der Waals surface area contributed by atoms with E-state index in [-0.39, 0.29) is 28.6 Å². The number of nitrogens with zero attached hydrogens (tertiary/aromatic N) is 2. The maximum Gasteiger partial charge on any atom is 0.257 e. The number of sulfonamides is 1. The van der Waals surface area contributed by atoms with Gasteiger partial charge >= 0.3 is 0 Å². The van der Waals surface area contributed by atoms with E-state index in [0.29, 0.717) is 48.9 Å². The third-order valence-electron chi connectivity index (χ3n) is 5.52. The molecule has 2 aromatic rings. The lowest BCUT2D eigenvalue weighted by molar-refractivity contribution is -0.115. The topological polar surface area (TPSA) is 125 Å². The molecule has 0 aromatic heterocycles. The molecule has 2 N–H and O–H groups in total. The normalized spacial score (nSPS) is 16.4. The molecule has 0 bridgehead atoms. The van der Waals surface area contributed by atoms with Gasteiger partial charge in [0.2, 0.25) is 15.9 Å². The lowest BCUT2D eigenvalue weighted by Gasteiger charge is -2.30. The maximum absolute atomic E-state index is 13.3. The smallest absolute Gasteiger partial charge is 0.257 e. The fraction of sp³-hybridized carbons (Fsp3) is 0.318. The van der Waals surface area contributed by atoms with Crippen LogP contribution >= 0.6 is 0 Å². The van der Waals surface area contributed by atoms with Crippen LogP contribution in [0.4, 0.5) is 17.1 Å². The van der Waals surface area contributed by atoms with E-state index < -0.39 is 15.9 Å². The highest BCUT2D eigenvalue weighted by Gasteiger charge is 2.26. The van der Waals surface area contributed by atoms with Gasteiger partial charge in [-0.15, -0.1) is 0 Å². The number of ether oxygens (including phenoxy) is 1. The number of rotatable bonds is 5. The van der Waals surface area contributed by atoms with Crippen molar-refractivity contribution in [2.24, 2.45) is 0 Å². The first kappa shape index (κ1) is 22.9. The predicted molar refractivity (Wildman–Crippen MR) is 122 cm³/mol. The molecule has 33 heavy (non-hydrogen) atoms. The zero-order chi connectivity index (χ0) is 23.8. The van der Waals surface area contributed by atoms with Crippen molar-refractivity contribution < 1.29 is 27.5 Å². The van der Waals surface area contributed by atoms with E-state index in [2.05, 4.69) is 10.6 Å². The molecule has 0 radical (unpaired) electrons. The van der Waals surface area contributed by atoms with Gasteiger partial charge in [-0.2, -0.15) is 0 Å². The Morgan fingerprint density at radius 2 is 1.82 bits per heavy atom. The predicted octanol–water partition coefficient (Wildman–Crippen LogP) is 1.55. The Kier molecular flexibility index (Phi) is 6.19. The van der Waals surface area contributed by atoms with Gasteiger partial charge < -0.3 is 20.3 Å². The fourth-order valence-electron chi connectivity index (χ4n) is 3.74. The Balaban J connectivity index is 1.70. The summed E-state index contributed by atoms with van der Waals surface area (Å²) in [7, 11) is -0.904. The number of morpholine rings is 1. The van der Waals surface area contributed by atoms with Crippen LogP contribution in [0.2, 0.25) is 0 Å². The van der Waals surface area contributed by atoms with Gasteiger partial charge in [0.25, 0.3) is 5.91 Å². The van der Waals surface area contributed by atoms with Crippen LogP contribution in [0.3, 0.4) is 0 Å². The van der Waals surface area contributed by atoms with Crippen molar-refractivity contribution in [1.82, 2.24) is 4.31 Å². The third-order valence-corrected chi connectivity index (χ3v) is 7.33. The quantitative estimate of drug-likeness (QED) is 0.633. The van der Waals surface area contributed by atoms with E-state index in [0.717, 1.165) is 4.31 Å². The summed E-state index contributed by atoms with van der Waals surface area (Å²) in [4.78, 5) is 39.0. The molecule has 0 spiro atoms. The van der Waals surface area contributed by atoms with Gasteiger partial charge in [0.15, 0.2) is 5.78 Å². The molecule has 0 saturated carbocycles. The van der Waals surface area contributed by atoms with Crippen LogP contribution < -0.4 is 15.5 Å². The zero-order valence-corrected chi connectivity index (χ0v) is 19.1. The monoisotopic (exact) mass is 472 g/mol. The van der Waals surface area contributed by atoms with E-state index in [1.54, 1.807) is 18.2 Å². The number of hydrogen-bond donors (Lipinski definition) is 2. The molecule has 11 heteroatoms. The van der Waals surface area contributed by atoms with Gasteiger partial charge in [-0.05, 0) is 36.4 Å². The summed E-state index contributed by atoms with van der Waals surface area (Å²) >= 11 is 0. The number of nitrogens with one attached hydrogen (secondary N) is 2. The Bertz CT molecular complexity index is 1240. The van der Waals surface area contributed by atoms with Crippen molar-refractivity contribution in [3.8, 4) is 0 Å². The molecule has 2 amide bonds. The van der Waals surface area contributed by atoms with Crippen LogP contribution in [0.15, 0.2) is 41.3 Å². The van der Waals surface area contributed by atoms with Crippen molar-refractivity contribution in [1.29, 1.82) is 0 Å². The van der Waals surface area contributed by atoms with E-state index >= 15 is 0 Å². The van der Waals surface area contributed by atoms with E-state index in [9.17, 15) is 22.8 Å². The second kappa shape index (κ2) is 8.93. The molecule has 2 aromatic carbocycles. The third kappa shape index (κ3) is 4.61. The Labute approximate surface area is 191 Å². The van der Waals surface area contributed by atoms with Crippen LogP contribution in [-0.2, 0) is 19.6 Å². The molecule has 2 aliphatic rings. The average molecular weight is 473 g/mol. The molecule has 0 atom stereocenters. The average Bonchev–Trinajstić information content (AvgIpc) is 2.79. The van der Waals surface area contributed by atoms with Crippen molar-refractivity contribution in [3.05, 3.63) is 47.5 Å². The second-order valence-corrected chi connectivity index (χ2v) is 10.1. The summed E-state index contributed by atoms with van der Waals surface area (Å²) < 4.78 is 31.8. The zero-order valence-electron chi connectivity index (χ0n) is 18.3. The molecule has 174 valence electrons. The summed E-state index contributed by atoms with van der Waals surface area (Å²) in [5.74, 6) is -1.23. The Hall–Kier alpha value is -3.28. The van der Waals surface area contributed by atoms with Crippen LogP contribution in [0.1, 0.15) is 27.1 Å². The van der Waals surface area contributed by atoms with Gasteiger partial charge in [-0.25, -0.2) is 12.7 Å². The summed E-state index contributed by atoms with van der Waals surface area (Å²) in [6, 6.07) is 9.10. The molecular formula is C22H24N4O6S. The van der Waals surface area contributed by atoms with E-state index in [1.165, 1.54) is 32.3 Å². The first-order chi connectivity index (χ1) is 15.7. The van der Waals surface area contributed by atoms with Crippen LogP contribution in [0.5, 0.6) is 0 Å². The number of fused-ring (bicyclic) bond motifs is 1. The molecule has 1 fully saturated rings. The minimum Gasteiger partial charge on any atom is -0.378 e. The number of Topliss-reactive ketones (excluding diaryl/α,β-unsaturated/α-hetero) is 1. The number of benzene rings is 2. The van der Waals surface area contributed by atoms with Crippen molar-refractivity contribution in [2.45, 2.75) is 11.3 Å². The van der Waals surface area contributed by atoms with Crippen molar-refractivity contribution in [2.75, 3.05) is 55.9 Å². The molecule has 2 aliphatic heterocycles. The lowest BCUT2D eigenvalue weighted by Crippen LogP contribution is -2.37. The minimum atomic E-state index is -3.75. The molecule has 1 saturated heterocycles. The Morgan fingerprint density at radius 3 is 2.52 bits per heavy atom. The molecule has 0 aliphatic carbocycles. The van der Waals surface area contributed by atoms with Crippen molar-refractivity contribution >= 4 is 44.7 Å². The van der Waals surface area contributed by atoms with Gasteiger partial charge in [0.1, 0.15) is 0 Å². The first-order valence-corrected chi connectivity index (χ1v) is 11.8. The van der Waals surface area contributed by atoms with E-state index in [4.69, 9.17) is 4.74 Å². The standard InChI is InChI=1S/C22H24N4O6S/c1-25(2)33(30,31)15-4-6-19(26-7-9-32-10-8-26)17(12-15)22(29)23-14-3-5-18-16(11-14)20(27)13-21(28)24-18/h3-6,11-12H,7-10,13H2,1-2H3,(H,23,29)(H,24,28). The summed E-state index contributed by atoms with van der Waals surface area (Å²) in [5.41, 5.74) is 1.84.